The summed E-state index contributed by atoms with van der Waals surface area (Å²) in [6, 6.07) is 6.91. The molecule has 0 unspecified atom stereocenters. The quantitative estimate of drug-likeness (QED) is 0.505. The summed E-state index contributed by atoms with van der Waals surface area (Å²) in [5.41, 5.74) is 2.44. The summed E-state index contributed by atoms with van der Waals surface area (Å²) in [5, 5.41) is 8.99. The SMILES string of the molecule is CCCC(=O)Nc1ccc(-c2nccc(C(=O)Nc3cnccc3N3CCNCC3)n2)cn1. The summed E-state index contributed by atoms with van der Waals surface area (Å²) >= 11 is 0. The Hall–Kier alpha value is -3.92. The van der Waals surface area contributed by atoms with Crippen molar-refractivity contribution in [1.29, 1.82) is 0 Å². The fourth-order valence-electron chi connectivity index (χ4n) is 3.51. The molecule has 1 fully saturated rings. The fraction of sp³-hybridized carbons (Fsp3) is 0.304. The molecule has 0 radical (unpaired) electrons. The van der Waals surface area contributed by atoms with Gasteiger partial charge in [0.1, 0.15) is 11.5 Å². The maximum absolute atomic E-state index is 12.9. The minimum atomic E-state index is -0.348. The molecule has 0 bridgehead atoms. The van der Waals surface area contributed by atoms with E-state index in [4.69, 9.17) is 0 Å². The first-order valence-corrected chi connectivity index (χ1v) is 10.9. The number of rotatable bonds is 7. The molecule has 1 aliphatic heterocycles. The van der Waals surface area contributed by atoms with Crippen LogP contribution in [0.3, 0.4) is 0 Å². The number of hydrogen-bond acceptors (Lipinski definition) is 8. The van der Waals surface area contributed by atoms with Crippen LogP contribution in [0.25, 0.3) is 11.4 Å². The van der Waals surface area contributed by atoms with Gasteiger partial charge in [-0.3, -0.25) is 14.6 Å². The molecule has 3 aromatic heterocycles. The number of pyridine rings is 2. The number of nitrogens with one attached hydrogen (secondary N) is 3. The molecule has 0 saturated carbocycles. The lowest BCUT2D eigenvalue weighted by atomic mass is 10.2. The van der Waals surface area contributed by atoms with Gasteiger partial charge < -0.3 is 20.9 Å². The summed E-state index contributed by atoms with van der Waals surface area (Å²) in [7, 11) is 0. The highest BCUT2D eigenvalue weighted by Crippen LogP contribution is 2.25. The van der Waals surface area contributed by atoms with Gasteiger partial charge in [0.25, 0.3) is 5.91 Å². The third-order valence-corrected chi connectivity index (χ3v) is 5.16. The molecule has 10 heteroatoms. The van der Waals surface area contributed by atoms with E-state index in [-0.39, 0.29) is 17.5 Å². The molecule has 0 spiro atoms. The van der Waals surface area contributed by atoms with Crippen LogP contribution in [-0.2, 0) is 4.79 Å². The average molecular weight is 447 g/mol. The Bertz CT molecular complexity index is 1110. The van der Waals surface area contributed by atoms with Crippen LogP contribution in [0.1, 0.15) is 30.3 Å². The largest absolute Gasteiger partial charge is 0.367 e. The first-order valence-electron chi connectivity index (χ1n) is 10.9. The third kappa shape index (κ3) is 5.66. The summed E-state index contributed by atoms with van der Waals surface area (Å²) in [6.07, 6.45) is 7.68. The van der Waals surface area contributed by atoms with Crippen molar-refractivity contribution >= 4 is 29.0 Å². The second-order valence-corrected chi connectivity index (χ2v) is 7.58. The number of nitrogens with zero attached hydrogens (tertiary/aromatic N) is 5. The van der Waals surface area contributed by atoms with Crippen LogP contribution in [0.5, 0.6) is 0 Å². The molecule has 1 saturated heterocycles. The van der Waals surface area contributed by atoms with E-state index < -0.39 is 0 Å². The van der Waals surface area contributed by atoms with Crippen LogP contribution in [0.2, 0.25) is 0 Å². The number of carbonyl (C=O) groups excluding carboxylic acids is 2. The minimum Gasteiger partial charge on any atom is -0.367 e. The van der Waals surface area contributed by atoms with Gasteiger partial charge >= 0.3 is 0 Å². The lowest BCUT2D eigenvalue weighted by molar-refractivity contribution is -0.116. The van der Waals surface area contributed by atoms with E-state index in [0.29, 0.717) is 29.3 Å². The summed E-state index contributed by atoms with van der Waals surface area (Å²) < 4.78 is 0. The van der Waals surface area contributed by atoms with Gasteiger partial charge in [-0.25, -0.2) is 15.0 Å². The number of piperazine rings is 1. The average Bonchev–Trinajstić information content (AvgIpc) is 2.85. The van der Waals surface area contributed by atoms with Crippen molar-refractivity contribution < 1.29 is 9.59 Å². The van der Waals surface area contributed by atoms with Crippen molar-refractivity contribution in [3.63, 3.8) is 0 Å². The molecule has 33 heavy (non-hydrogen) atoms. The van der Waals surface area contributed by atoms with Crippen molar-refractivity contribution in [1.82, 2.24) is 25.3 Å². The van der Waals surface area contributed by atoms with Gasteiger partial charge in [0, 0.05) is 56.8 Å². The van der Waals surface area contributed by atoms with Crippen LogP contribution in [-0.4, -0.2) is 57.9 Å². The summed E-state index contributed by atoms with van der Waals surface area (Å²) in [4.78, 5) is 44.0. The van der Waals surface area contributed by atoms with E-state index in [2.05, 4.69) is 40.8 Å². The van der Waals surface area contributed by atoms with Gasteiger partial charge in [-0.05, 0) is 30.7 Å². The summed E-state index contributed by atoms with van der Waals surface area (Å²) in [6.45, 7) is 5.43. The molecule has 4 rings (SSSR count). The van der Waals surface area contributed by atoms with Crippen LogP contribution in [0, 0.1) is 0 Å². The lowest BCUT2D eigenvalue weighted by Crippen LogP contribution is -2.43. The molecule has 10 nitrogen and oxygen atoms in total. The molecule has 0 atom stereocenters. The van der Waals surface area contributed by atoms with Crippen LogP contribution in [0.4, 0.5) is 17.2 Å². The topological polar surface area (TPSA) is 125 Å². The summed E-state index contributed by atoms with van der Waals surface area (Å²) in [5.74, 6) is 0.404. The van der Waals surface area contributed by atoms with Crippen LogP contribution >= 0.6 is 0 Å². The zero-order valence-electron chi connectivity index (χ0n) is 18.4. The zero-order chi connectivity index (χ0) is 23.0. The maximum atomic E-state index is 12.9. The molecule has 4 heterocycles. The Balaban J connectivity index is 1.48. The van der Waals surface area contributed by atoms with Crippen LogP contribution < -0.4 is 20.9 Å². The molecule has 170 valence electrons. The van der Waals surface area contributed by atoms with E-state index in [0.717, 1.165) is 38.3 Å². The molecule has 3 N–H and O–H groups in total. The van der Waals surface area contributed by atoms with Crippen molar-refractivity contribution in [2.24, 2.45) is 0 Å². The lowest BCUT2D eigenvalue weighted by Gasteiger charge is -2.30. The number of aromatic nitrogens is 4. The Morgan fingerprint density at radius 3 is 2.64 bits per heavy atom. The van der Waals surface area contributed by atoms with Crippen molar-refractivity contribution in [3.05, 3.63) is 54.7 Å². The highest BCUT2D eigenvalue weighted by atomic mass is 16.2. The number of amides is 2. The Kier molecular flexibility index (Phi) is 7.16. The van der Waals surface area contributed by atoms with Crippen molar-refractivity contribution in [3.8, 4) is 11.4 Å². The van der Waals surface area contributed by atoms with Gasteiger partial charge in [-0.1, -0.05) is 6.92 Å². The Morgan fingerprint density at radius 1 is 1.03 bits per heavy atom. The zero-order valence-corrected chi connectivity index (χ0v) is 18.4. The van der Waals surface area contributed by atoms with Crippen molar-refractivity contribution in [2.45, 2.75) is 19.8 Å². The molecule has 3 aromatic rings. The monoisotopic (exact) mass is 446 g/mol. The number of hydrogen-bond donors (Lipinski definition) is 3. The molecule has 0 aromatic carbocycles. The smallest absolute Gasteiger partial charge is 0.274 e. The molecular weight excluding hydrogens is 420 g/mol. The number of anilines is 3. The van der Waals surface area contributed by atoms with E-state index in [1.165, 1.54) is 6.20 Å². The van der Waals surface area contributed by atoms with Gasteiger partial charge in [-0.2, -0.15) is 0 Å². The second kappa shape index (κ2) is 10.6. The Labute approximate surface area is 191 Å². The molecular formula is C23H26N8O2. The highest BCUT2D eigenvalue weighted by Gasteiger charge is 2.17. The highest BCUT2D eigenvalue weighted by molar-refractivity contribution is 6.04. The Morgan fingerprint density at radius 2 is 1.88 bits per heavy atom. The van der Waals surface area contributed by atoms with Gasteiger partial charge in [0.05, 0.1) is 17.6 Å². The molecule has 0 aliphatic carbocycles. The minimum absolute atomic E-state index is 0.0803. The molecule has 2 amide bonds. The van der Waals surface area contributed by atoms with Crippen molar-refractivity contribution in [2.75, 3.05) is 41.7 Å². The first-order chi connectivity index (χ1) is 16.1. The maximum Gasteiger partial charge on any atom is 0.274 e. The second-order valence-electron chi connectivity index (χ2n) is 7.58. The predicted octanol–water partition coefficient (Wildman–Crippen LogP) is 2.33. The first kappa shape index (κ1) is 22.3. The van der Waals surface area contributed by atoms with Gasteiger partial charge in [0.2, 0.25) is 5.91 Å². The fourth-order valence-corrected chi connectivity index (χ4v) is 3.51. The standard InChI is InChI=1S/C23H26N8O2/c1-2-3-21(32)30-20-5-4-16(14-27-20)22-26-9-6-17(28-22)23(33)29-18-15-25-8-7-19(18)31-12-10-24-11-13-31/h4-9,14-15,24H,2-3,10-13H2,1H3,(H,29,33)(H,27,30,32). The third-order valence-electron chi connectivity index (χ3n) is 5.16. The van der Waals surface area contributed by atoms with E-state index >= 15 is 0 Å². The van der Waals surface area contributed by atoms with E-state index in [1.807, 2.05) is 13.0 Å². The number of carbonyl (C=O) groups is 2. The predicted molar refractivity (Wildman–Crippen MR) is 126 cm³/mol. The van der Waals surface area contributed by atoms with E-state index in [1.54, 1.807) is 36.8 Å². The van der Waals surface area contributed by atoms with Gasteiger partial charge in [0.15, 0.2) is 5.82 Å². The van der Waals surface area contributed by atoms with Gasteiger partial charge in [-0.15, -0.1) is 0 Å². The normalized spacial score (nSPS) is 13.4. The van der Waals surface area contributed by atoms with E-state index in [9.17, 15) is 9.59 Å². The molecule has 1 aliphatic rings. The van der Waals surface area contributed by atoms with Crippen LogP contribution in [0.15, 0.2) is 49.1 Å².